The fourth-order valence-corrected chi connectivity index (χ4v) is 1.84. The largest absolute Gasteiger partial charge is 0.378 e. The van der Waals surface area contributed by atoms with Crippen LogP contribution in [0.15, 0.2) is 48.5 Å². The molecule has 0 radical (unpaired) electrons. The third-order valence-electron chi connectivity index (χ3n) is 3.02. The Kier molecular flexibility index (Phi) is 4.35. The topological polar surface area (TPSA) is 32.3 Å². The predicted molar refractivity (Wildman–Crippen MR) is 78.3 cm³/mol. The highest BCUT2D eigenvalue weighted by Crippen LogP contribution is 2.13. The summed E-state index contributed by atoms with van der Waals surface area (Å²) in [5, 5.41) is 2.72. The van der Waals surface area contributed by atoms with E-state index in [9.17, 15) is 9.18 Å². The van der Waals surface area contributed by atoms with Gasteiger partial charge in [0, 0.05) is 37.5 Å². The van der Waals surface area contributed by atoms with Crippen LogP contribution in [0.5, 0.6) is 0 Å². The van der Waals surface area contributed by atoms with Crippen molar-refractivity contribution in [3.8, 4) is 0 Å². The van der Waals surface area contributed by atoms with Crippen molar-refractivity contribution < 1.29 is 9.18 Å². The van der Waals surface area contributed by atoms with Crippen molar-refractivity contribution in [2.75, 3.05) is 19.0 Å². The lowest BCUT2D eigenvalue weighted by Gasteiger charge is -2.13. The molecule has 0 saturated heterocycles. The van der Waals surface area contributed by atoms with Gasteiger partial charge in [0.2, 0.25) is 0 Å². The maximum absolute atomic E-state index is 13.5. The Morgan fingerprint density at radius 3 is 2.60 bits per heavy atom. The summed E-state index contributed by atoms with van der Waals surface area (Å²) in [7, 11) is 3.83. The summed E-state index contributed by atoms with van der Waals surface area (Å²) in [5.41, 5.74) is 1.99. The average Bonchev–Trinajstić information content (AvgIpc) is 2.46. The van der Waals surface area contributed by atoms with E-state index in [1.165, 1.54) is 6.07 Å². The number of halogens is 1. The zero-order chi connectivity index (χ0) is 14.5. The van der Waals surface area contributed by atoms with Crippen LogP contribution in [-0.2, 0) is 6.54 Å². The molecule has 104 valence electrons. The van der Waals surface area contributed by atoms with E-state index in [0.29, 0.717) is 11.1 Å². The monoisotopic (exact) mass is 272 g/mol. The summed E-state index contributed by atoms with van der Waals surface area (Å²) in [6, 6.07) is 13.7. The number of anilines is 1. The molecule has 0 heterocycles. The van der Waals surface area contributed by atoms with Gasteiger partial charge in [-0.2, -0.15) is 0 Å². The SMILES string of the molecule is CN(C)c1cccc(C(=O)NCc2ccccc2F)c1. The third-order valence-corrected chi connectivity index (χ3v) is 3.02. The molecule has 0 bridgehead atoms. The maximum Gasteiger partial charge on any atom is 0.251 e. The zero-order valence-electron chi connectivity index (χ0n) is 11.6. The summed E-state index contributed by atoms with van der Waals surface area (Å²) in [6.07, 6.45) is 0. The second kappa shape index (κ2) is 6.19. The number of amides is 1. The van der Waals surface area contributed by atoms with Crippen molar-refractivity contribution in [2.24, 2.45) is 0 Å². The molecule has 0 spiro atoms. The average molecular weight is 272 g/mol. The van der Waals surface area contributed by atoms with E-state index in [1.54, 1.807) is 30.3 Å². The van der Waals surface area contributed by atoms with Crippen LogP contribution >= 0.6 is 0 Å². The number of benzene rings is 2. The molecule has 2 aromatic rings. The lowest BCUT2D eigenvalue weighted by atomic mass is 10.1. The molecule has 0 unspecified atom stereocenters. The van der Waals surface area contributed by atoms with Crippen LogP contribution in [0.2, 0.25) is 0 Å². The Bertz CT molecular complexity index is 611. The molecule has 3 nitrogen and oxygen atoms in total. The lowest BCUT2D eigenvalue weighted by Crippen LogP contribution is -2.23. The number of nitrogens with one attached hydrogen (secondary N) is 1. The third kappa shape index (κ3) is 3.35. The number of rotatable bonds is 4. The molecule has 0 aliphatic heterocycles. The summed E-state index contributed by atoms with van der Waals surface area (Å²) in [6.45, 7) is 0.178. The molecule has 0 aliphatic carbocycles. The van der Waals surface area contributed by atoms with E-state index in [2.05, 4.69) is 5.32 Å². The van der Waals surface area contributed by atoms with E-state index in [4.69, 9.17) is 0 Å². The fraction of sp³-hybridized carbons (Fsp3) is 0.188. The minimum Gasteiger partial charge on any atom is -0.378 e. The number of carbonyl (C=O) groups excluding carboxylic acids is 1. The van der Waals surface area contributed by atoms with Gasteiger partial charge in [0.15, 0.2) is 0 Å². The highest BCUT2D eigenvalue weighted by atomic mass is 19.1. The molecule has 1 N–H and O–H groups in total. The minimum atomic E-state index is -0.310. The van der Waals surface area contributed by atoms with E-state index < -0.39 is 0 Å². The molecule has 0 fully saturated rings. The van der Waals surface area contributed by atoms with Crippen molar-refractivity contribution >= 4 is 11.6 Å². The van der Waals surface area contributed by atoms with Crippen LogP contribution in [0.25, 0.3) is 0 Å². The molecule has 2 aromatic carbocycles. The van der Waals surface area contributed by atoms with Crippen molar-refractivity contribution in [3.63, 3.8) is 0 Å². The Balaban J connectivity index is 2.05. The first kappa shape index (κ1) is 14.1. The molecule has 1 amide bonds. The highest BCUT2D eigenvalue weighted by Gasteiger charge is 2.08. The van der Waals surface area contributed by atoms with Crippen LogP contribution in [-0.4, -0.2) is 20.0 Å². The number of nitrogens with zero attached hydrogens (tertiary/aromatic N) is 1. The van der Waals surface area contributed by atoms with Gasteiger partial charge in [0.05, 0.1) is 0 Å². The van der Waals surface area contributed by atoms with Gasteiger partial charge in [-0.15, -0.1) is 0 Å². The van der Waals surface area contributed by atoms with Gasteiger partial charge in [-0.3, -0.25) is 4.79 Å². The molecule has 0 aromatic heterocycles. The predicted octanol–water partition coefficient (Wildman–Crippen LogP) is 2.82. The lowest BCUT2D eigenvalue weighted by molar-refractivity contribution is 0.0950. The summed E-state index contributed by atoms with van der Waals surface area (Å²) >= 11 is 0. The fourth-order valence-electron chi connectivity index (χ4n) is 1.84. The van der Waals surface area contributed by atoms with Crippen LogP contribution in [0.1, 0.15) is 15.9 Å². The van der Waals surface area contributed by atoms with Crippen molar-refractivity contribution in [1.82, 2.24) is 5.32 Å². The number of hydrogen-bond donors (Lipinski definition) is 1. The van der Waals surface area contributed by atoms with Gasteiger partial charge in [0.1, 0.15) is 5.82 Å². The quantitative estimate of drug-likeness (QED) is 0.928. The first-order chi connectivity index (χ1) is 9.58. The molecular weight excluding hydrogens is 255 g/mol. The molecule has 20 heavy (non-hydrogen) atoms. The molecule has 4 heteroatoms. The first-order valence-corrected chi connectivity index (χ1v) is 6.37. The normalized spacial score (nSPS) is 10.2. The van der Waals surface area contributed by atoms with Crippen LogP contribution in [0.4, 0.5) is 10.1 Å². The Hall–Kier alpha value is -2.36. The Morgan fingerprint density at radius 2 is 1.90 bits per heavy atom. The van der Waals surface area contributed by atoms with Gasteiger partial charge in [-0.05, 0) is 24.3 Å². The molecule has 0 saturated carbocycles. The highest BCUT2D eigenvalue weighted by molar-refractivity contribution is 5.95. The number of hydrogen-bond acceptors (Lipinski definition) is 2. The first-order valence-electron chi connectivity index (χ1n) is 6.37. The van der Waals surface area contributed by atoms with Gasteiger partial charge >= 0.3 is 0 Å². The van der Waals surface area contributed by atoms with Gasteiger partial charge in [-0.1, -0.05) is 24.3 Å². The minimum absolute atomic E-state index is 0.178. The number of carbonyl (C=O) groups is 1. The summed E-state index contributed by atoms with van der Waals surface area (Å²) in [5.74, 6) is -0.521. The van der Waals surface area contributed by atoms with Crippen LogP contribution < -0.4 is 10.2 Å². The van der Waals surface area contributed by atoms with Crippen LogP contribution in [0.3, 0.4) is 0 Å². The summed E-state index contributed by atoms with van der Waals surface area (Å²) < 4.78 is 13.5. The second-order valence-electron chi connectivity index (χ2n) is 4.72. The van der Waals surface area contributed by atoms with Gasteiger partial charge < -0.3 is 10.2 Å². The van der Waals surface area contributed by atoms with E-state index in [0.717, 1.165) is 5.69 Å². The second-order valence-corrected chi connectivity index (χ2v) is 4.72. The van der Waals surface area contributed by atoms with E-state index in [-0.39, 0.29) is 18.3 Å². The van der Waals surface area contributed by atoms with Crippen molar-refractivity contribution in [2.45, 2.75) is 6.54 Å². The molecule has 0 atom stereocenters. The van der Waals surface area contributed by atoms with E-state index >= 15 is 0 Å². The zero-order valence-corrected chi connectivity index (χ0v) is 11.6. The van der Waals surface area contributed by atoms with E-state index in [1.807, 2.05) is 31.1 Å². The Morgan fingerprint density at radius 1 is 1.15 bits per heavy atom. The Labute approximate surface area is 118 Å². The molecule has 2 rings (SSSR count). The smallest absolute Gasteiger partial charge is 0.251 e. The van der Waals surface area contributed by atoms with Gasteiger partial charge in [0.25, 0.3) is 5.91 Å². The molecular formula is C16H17FN2O. The van der Waals surface area contributed by atoms with Crippen LogP contribution in [0, 0.1) is 5.82 Å². The van der Waals surface area contributed by atoms with Crippen molar-refractivity contribution in [3.05, 3.63) is 65.5 Å². The van der Waals surface area contributed by atoms with Crippen molar-refractivity contribution in [1.29, 1.82) is 0 Å². The maximum atomic E-state index is 13.5. The standard InChI is InChI=1S/C16H17FN2O/c1-19(2)14-8-5-7-12(10-14)16(20)18-11-13-6-3-4-9-15(13)17/h3-10H,11H2,1-2H3,(H,18,20). The molecule has 0 aliphatic rings. The van der Waals surface area contributed by atoms with Gasteiger partial charge in [-0.25, -0.2) is 4.39 Å². The summed E-state index contributed by atoms with van der Waals surface area (Å²) in [4.78, 5) is 14.0.